The van der Waals surface area contributed by atoms with Crippen molar-refractivity contribution >= 4 is 11.9 Å². The van der Waals surface area contributed by atoms with Crippen molar-refractivity contribution in [3.05, 3.63) is 35.4 Å². The minimum absolute atomic E-state index is 0.0151. The van der Waals surface area contributed by atoms with Crippen molar-refractivity contribution in [2.75, 3.05) is 0 Å². The lowest BCUT2D eigenvalue weighted by Gasteiger charge is -2.14. The van der Waals surface area contributed by atoms with Gasteiger partial charge in [-0.1, -0.05) is 26.0 Å². The van der Waals surface area contributed by atoms with Gasteiger partial charge < -0.3 is 5.32 Å². The predicted molar refractivity (Wildman–Crippen MR) is 68.7 cm³/mol. The molecule has 1 aliphatic heterocycles. The quantitative estimate of drug-likeness (QED) is 0.862. The topological polar surface area (TPSA) is 49.4 Å². The predicted octanol–water partition coefficient (Wildman–Crippen LogP) is 2.43. The summed E-state index contributed by atoms with van der Waals surface area (Å²) in [6.07, 6.45) is 0.521. The van der Waals surface area contributed by atoms with Crippen molar-refractivity contribution < 1.29 is 18.4 Å². The summed E-state index contributed by atoms with van der Waals surface area (Å²) in [5.74, 6) is -2.17. The molecule has 2 rings (SSSR count). The van der Waals surface area contributed by atoms with Crippen molar-refractivity contribution in [2.45, 2.75) is 32.9 Å². The maximum absolute atomic E-state index is 13.6. The molecule has 1 heterocycles. The zero-order chi connectivity index (χ0) is 14.9. The molecule has 0 aliphatic carbocycles. The Kier molecular flexibility index (Phi) is 4.01. The Balaban J connectivity index is 2.15. The van der Waals surface area contributed by atoms with Gasteiger partial charge in [0.2, 0.25) is 0 Å². The zero-order valence-corrected chi connectivity index (χ0v) is 11.3. The van der Waals surface area contributed by atoms with E-state index in [9.17, 15) is 18.4 Å². The smallest absolute Gasteiger partial charge is 0.325 e. The Bertz CT molecular complexity index is 546. The monoisotopic (exact) mass is 282 g/mol. The largest absolute Gasteiger partial charge is 0.326 e. The summed E-state index contributed by atoms with van der Waals surface area (Å²) < 4.78 is 26.7. The SMILES string of the molecule is CC(C)CC1NC(=O)N(Cc2cccc(F)c2F)C1=O. The first-order chi connectivity index (χ1) is 9.40. The minimum atomic E-state index is -1.03. The van der Waals surface area contributed by atoms with Crippen LogP contribution >= 0.6 is 0 Å². The van der Waals surface area contributed by atoms with Gasteiger partial charge in [0.1, 0.15) is 6.04 Å². The highest BCUT2D eigenvalue weighted by Crippen LogP contribution is 2.19. The highest BCUT2D eigenvalue weighted by atomic mass is 19.2. The molecule has 1 saturated heterocycles. The number of halogens is 2. The molecule has 1 aromatic rings. The van der Waals surface area contributed by atoms with Gasteiger partial charge in [-0.3, -0.25) is 9.69 Å². The van der Waals surface area contributed by atoms with Crippen molar-refractivity contribution in [1.29, 1.82) is 0 Å². The molecule has 6 heteroatoms. The molecule has 1 aliphatic rings. The van der Waals surface area contributed by atoms with Gasteiger partial charge >= 0.3 is 6.03 Å². The first-order valence-corrected chi connectivity index (χ1v) is 6.45. The van der Waals surface area contributed by atoms with Gasteiger partial charge in [-0.2, -0.15) is 0 Å². The van der Waals surface area contributed by atoms with Crippen LogP contribution in [0.15, 0.2) is 18.2 Å². The van der Waals surface area contributed by atoms with Crippen LogP contribution in [0.4, 0.5) is 13.6 Å². The molecule has 1 N–H and O–H groups in total. The molecular formula is C14H16F2N2O2. The van der Waals surface area contributed by atoms with Crippen LogP contribution in [0.5, 0.6) is 0 Å². The number of nitrogens with one attached hydrogen (secondary N) is 1. The maximum atomic E-state index is 13.6. The van der Waals surface area contributed by atoms with Crippen LogP contribution in [0.1, 0.15) is 25.8 Å². The molecule has 1 atom stereocenters. The molecule has 3 amide bonds. The minimum Gasteiger partial charge on any atom is -0.326 e. The van der Waals surface area contributed by atoms with Crippen LogP contribution in [0.2, 0.25) is 0 Å². The second kappa shape index (κ2) is 5.56. The van der Waals surface area contributed by atoms with Gasteiger partial charge in [-0.25, -0.2) is 13.6 Å². The number of amides is 3. The van der Waals surface area contributed by atoms with Crippen molar-refractivity contribution in [3.8, 4) is 0 Å². The van der Waals surface area contributed by atoms with Crippen molar-refractivity contribution in [1.82, 2.24) is 10.2 Å². The first-order valence-electron chi connectivity index (χ1n) is 6.45. The van der Waals surface area contributed by atoms with Crippen LogP contribution in [0.25, 0.3) is 0 Å². The molecule has 0 spiro atoms. The summed E-state index contributed by atoms with van der Waals surface area (Å²) in [6, 6.07) is 2.54. The van der Waals surface area contributed by atoms with E-state index in [0.29, 0.717) is 6.42 Å². The van der Waals surface area contributed by atoms with E-state index in [-0.39, 0.29) is 18.0 Å². The Hall–Kier alpha value is -1.98. The summed E-state index contributed by atoms with van der Waals surface area (Å²) in [5.41, 5.74) is -0.0151. The lowest BCUT2D eigenvalue weighted by molar-refractivity contribution is -0.128. The Morgan fingerprint density at radius 2 is 2.00 bits per heavy atom. The number of hydrogen-bond donors (Lipinski definition) is 1. The Morgan fingerprint density at radius 1 is 1.30 bits per heavy atom. The molecule has 0 radical (unpaired) electrons. The van der Waals surface area contributed by atoms with Gasteiger partial charge in [-0.15, -0.1) is 0 Å². The second-order valence-corrected chi connectivity index (χ2v) is 5.27. The molecule has 1 aromatic carbocycles. The average Bonchev–Trinajstić information content (AvgIpc) is 2.62. The summed E-state index contributed by atoms with van der Waals surface area (Å²) in [5, 5.41) is 2.56. The third kappa shape index (κ3) is 2.79. The van der Waals surface area contributed by atoms with Gasteiger partial charge in [-0.05, 0) is 18.4 Å². The highest BCUT2D eigenvalue weighted by molar-refractivity contribution is 6.04. The van der Waals surface area contributed by atoms with Gasteiger partial charge in [0, 0.05) is 5.56 Å². The molecule has 20 heavy (non-hydrogen) atoms. The molecule has 0 bridgehead atoms. The molecule has 108 valence electrons. The number of rotatable bonds is 4. The van der Waals surface area contributed by atoms with E-state index in [1.54, 1.807) is 0 Å². The fraction of sp³-hybridized carbons (Fsp3) is 0.429. The van der Waals surface area contributed by atoms with E-state index in [4.69, 9.17) is 0 Å². The molecule has 0 saturated carbocycles. The maximum Gasteiger partial charge on any atom is 0.325 e. The van der Waals surface area contributed by atoms with Crippen molar-refractivity contribution in [2.24, 2.45) is 5.92 Å². The molecule has 1 unspecified atom stereocenters. The molecule has 4 nitrogen and oxygen atoms in total. The molecular weight excluding hydrogens is 266 g/mol. The fourth-order valence-corrected chi connectivity index (χ4v) is 2.20. The lowest BCUT2D eigenvalue weighted by Crippen LogP contribution is -2.32. The summed E-state index contributed by atoms with van der Waals surface area (Å²) in [4.78, 5) is 24.8. The van der Waals surface area contributed by atoms with Gasteiger partial charge in [0.25, 0.3) is 5.91 Å². The average molecular weight is 282 g/mol. The lowest BCUT2D eigenvalue weighted by atomic mass is 10.0. The van der Waals surface area contributed by atoms with Crippen LogP contribution < -0.4 is 5.32 Å². The zero-order valence-electron chi connectivity index (χ0n) is 11.3. The van der Waals surface area contributed by atoms with Crippen LogP contribution in [-0.2, 0) is 11.3 Å². The number of benzene rings is 1. The van der Waals surface area contributed by atoms with Gasteiger partial charge in [0.15, 0.2) is 11.6 Å². The number of carbonyl (C=O) groups is 2. The van der Waals surface area contributed by atoms with Gasteiger partial charge in [0.05, 0.1) is 6.54 Å². The second-order valence-electron chi connectivity index (χ2n) is 5.27. The van der Waals surface area contributed by atoms with E-state index in [2.05, 4.69) is 5.32 Å². The number of carbonyl (C=O) groups excluding carboxylic acids is 2. The number of urea groups is 1. The number of imide groups is 1. The van der Waals surface area contributed by atoms with E-state index in [1.165, 1.54) is 12.1 Å². The number of hydrogen-bond acceptors (Lipinski definition) is 2. The molecule has 0 aromatic heterocycles. The van der Waals surface area contributed by atoms with E-state index in [1.807, 2.05) is 13.8 Å². The molecule has 1 fully saturated rings. The fourth-order valence-electron chi connectivity index (χ4n) is 2.20. The third-order valence-electron chi connectivity index (χ3n) is 3.17. The Morgan fingerprint density at radius 3 is 2.65 bits per heavy atom. The Labute approximate surface area is 115 Å². The summed E-state index contributed by atoms with van der Waals surface area (Å²) >= 11 is 0. The summed E-state index contributed by atoms with van der Waals surface area (Å²) in [7, 11) is 0. The van der Waals surface area contributed by atoms with E-state index < -0.39 is 29.6 Å². The summed E-state index contributed by atoms with van der Waals surface area (Å²) in [6.45, 7) is 3.62. The number of nitrogens with zero attached hydrogens (tertiary/aromatic N) is 1. The first kappa shape index (κ1) is 14.4. The van der Waals surface area contributed by atoms with Crippen LogP contribution in [0, 0.1) is 17.6 Å². The standard InChI is InChI=1S/C14H16F2N2O2/c1-8(2)6-11-13(19)18(14(20)17-11)7-9-4-3-5-10(15)12(9)16/h3-5,8,11H,6-7H2,1-2H3,(H,17,20). The van der Waals surface area contributed by atoms with E-state index >= 15 is 0 Å². The third-order valence-corrected chi connectivity index (χ3v) is 3.17. The van der Waals surface area contributed by atoms with E-state index in [0.717, 1.165) is 11.0 Å². The van der Waals surface area contributed by atoms with Crippen LogP contribution in [-0.4, -0.2) is 22.9 Å². The van der Waals surface area contributed by atoms with Crippen LogP contribution in [0.3, 0.4) is 0 Å². The normalized spacial score (nSPS) is 18.9. The highest BCUT2D eigenvalue weighted by Gasteiger charge is 2.38. The van der Waals surface area contributed by atoms with Crippen molar-refractivity contribution in [3.63, 3.8) is 0 Å².